The van der Waals surface area contributed by atoms with E-state index < -0.39 is 11.8 Å². The summed E-state index contributed by atoms with van der Waals surface area (Å²) >= 11 is 0. The van der Waals surface area contributed by atoms with Crippen molar-refractivity contribution in [2.75, 3.05) is 0 Å². The Hall–Kier alpha value is -0.870. The summed E-state index contributed by atoms with van der Waals surface area (Å²) in [6.45, 7) is 2.03. The van der Waals surface area contributed by atoms with Crippen LogP contribution in [-0.2, 0) is 4.79 Å². The molecule has 0 saturated heterocycles. The predicted molar refractivity (Wildman–Crippen MR) is 89.6 cm³/mol. The van der Waals surface area contributed by atoms with Crippen LogP contribution in [0.4, 0.5) is 0 Å². The van der Waals surface area contributed by atoms with Crippen molar-refractivity contribution in [3.8, 4) is 0 Å². The fraction of sp³-hybridized carbons (Fsp3) is 0.833. The maximum atomic E-state index is 10.3. The second-order valence-electron chi connectivity index (χ2n) is 6.14. The molecule has 0 amide bonds. The van der Waals surface area contributed by atoms with Crippen LogP contribution in [-0.4, -0.2) is 27.1 Å². The number of allylic oxidation sites excluding steroid dienone is 1. The van der Waals surface area contributed by atoms with Gasteiger partial charge in [-0.15, -0.1) is 0 Å². The Morgan fingerprint density at radius 2 is 1.36 bits per heavy atom. The highest BCUT2D eigenvalue weighted by Crippen LogP contribution is 2.18. The van der Waals surface area contributed by atoms with Crippen LogP contribution in [0.1, 0.15) is 90.4 Å². The molecule has 0 fully saturated rings. The van der Waals surface area contributed by atoms with E-state index >= 15 is 0 Å². The zero-order chi connectivity index (χ0) is 16.7. The lowest BCUT2D eigenvalue weighted by Crippen LogP contribution is -2.26. The molecular formula is C18H34O4. The van der Waals surface area contributed by atoms with Gasteiger partial charge in [0.1, 0.15) is 0 Å². The van der Waals surface area contributed by atoms with E-state index in [0.717, 1.165) is 44.9 Å². The molecule has 0 aliphatic heterocycles. The highest BCUT2D eigenvalue weighted by Gasteiger charge is 2.19. The summed E-state index contributed by atoms with van der Waals surface area (Å²) in [5, 5.41) is 28.0. The molecule has 0 saturated carbocycles. The van der Waals surface area contributed by atoms with E-state index in [2.05, 4.69) is 0 Å². The number of hydrogen-bond donors (Lipinski definition) is 3. The minimum Gasteiger partial charge on any atom is -0.481 e. The third-order valence-corrected chi connectivity index (χ3v) is 3.81. The number of carboxylic acid groups (broad SMARTS) is 1. The molecule has 0 aromatic carbocycles. The number of carbonyl (C=O) groups is 1. The van der Waals surface area contributed by atoms with Gasteiger partial charge in [-0.3, -0.25) is 4.79 Å². The number of hydrogen-bond acceptors (Lipinski definition) is 3. The molecule has 0 aromatic heterocycles. The standard InChI is InChI=1S/C18H34O4/c1-2-3-12-15-18(21,22)16-13-10-8-6-4-5-7-9-11-14-17(19)20/h3,12,21-22H,2,4-11,13-16H2,1H3,(H,19,20)/b12-3-. The minimum absolute atomic E-state index is 0.289. The van der Waals surface area contributed by atoms with E-state index in [1.807, 2.05) is 19.1 Å². The molecule has 4 nitrogen and oxygen atoms in total. The van der Waals surface area contributed by atoms with Crippen molar-refractivity contribution in [2.24, 2.45) is 0 Å². The molecule has 4 heteroatoms. The van der Waals surface area contributed by atoms with Crippen LogP contribution in [0.5, 0.6) is 0 Å². The van der Waals surface area contributed by atoms with Crippen molar-refractivity contribution >= 4 is 5.97 Å². The molecule has 0 aromatic rings. The maximum absolute atomic E-state index is 10.3. The summed E-state index contributed by atoms with van der Waals surface area (Å²) in [5.74, 6) is -2.25. The van der Waals surface area contributed by atoms with E-state index in [1.165, 1.54) is 19.3 Å². The van der Waals surface area contributed by atoms with Gasteiger partial charge < -0.3 is 15.3 Å². The van der Waals surface area contributed by atoms with Crippen molar-refractivity contribution < 1.29 is 20.1 Å². The lowest BCUT2D eigenvalue weighted by Gasteiger charge is -2.19. The average molecular weight is 314 g/mol. The van der Waals surface area contributed by atoms with E-state index in [1.54, 1.807) is 0 Å². The van der Waals surface area contributed by atoms with Crippen LogP contribution in [0.25, 0.3) is 0 Å². The number of aliphatic carboxylic acids is 1. The van der Waals surface area contributed by atoms with Gasteiger partial charge in [0.15, 0.2) is 5.79 Å². The fourth-order valence-electron chi connectivity index (χ4n) is 2.46. The number of unbranched alkanes of at least 4 members (excludes halogenated alkanes) is 8. The molecule has 130 valence electrons. The Bertz CT molecular complexity index is 297. The number of carboxylic acids is 1. The highest BCUT2D eigenvalue weighted by atomic mass is 16.5. The molecule has 0 unspecified atom stereocenters. The molecule has 0 aliphatic carbocycles. The fourth-order valence-corrected chi connectivity index (χ4v) is 2.46. The minimum atomic E-state index is -1.55. The van der Waals surface area contributed by atoms with Crippen molar-refractivity contribution in [3.63, 3.8) is 0 Å². The van der Waals surface area contributed by atoms with Gasteiger partial charge in [0.2, 0.25) is 0 Å². The van der Waals surface area contributed by atoms with Gasteiger partial charge in [-0.2, -0.15) is 0 Å². The molecule has 0 bridgehead atoms. The molecule has 0 spiro atoms. The van der Waals surface area contributed by atoms with E-state index in [0.29, 0.717) is 12.8 Å². The summed E-state index contributed by atoms with van der Waals surface area (Å²) in [6, 6.07) is 0. The molecule has 0 atom stereocenters. The maximum Gasteiger partial charge on any atom is 0.303 e. The Labute approximate surface area is 135 Å². The third kappa shape index (κ3) is 15.5. The lowest BCUT2D eigenvalue weighted by atomic mass is 10.0. The van der Waals surface area contributed by atoms with Gasteiger partial charge in [-0.1, -0.05) is 64.0 Å². The second kappa shape index (κ2) is 13.8. The summed E-state index contributed by atoms with van der Waals surface area (Å²) in [6.07, 6.45) is 15.2. The first-order valence-corrected chi connectivity index (χ1v) is 8.79. The number of rotatable bonds is 15. The van der Waals surface area contributed by atoms with Crippen LogP contribution in [0, 0.1) is 0 Å². The first-order valence-electron chi connectivity index (χ1n) is 8.79. The Kier molecular flexibility index (Phi) is 13.2. The Balaban J connectivity index is 3.32. The SMILES string of the molecule is CC/C=C\CC(O)(O)CCCCCCCCCCCC(=O)O. The molecule has 0 aliphatic rings. The van der Waals surface area contributed by atoms with Crippen LogP contribution in [0.3, 0.4) is 0 Å². The summed E-state index contributed by atoms with van der Waals surface area (Å²) < 4.78 is 0. The van der Waals surface area contributed by atoms with Gasteiger partial charge in [0.05, 0.1) is 0 Å². The summed E-state index contributed by atoms with van der Waals surface area (Å²) in [5.41, 5.74) is 0. The quantitative estimate of drug-likeness (QED) is 0.238. The van der Waals surface area contributed by atoms with E-state index in [4.69, 9.17) is 5.11 Å². The van der Waals surface area contributed by atoms with Crippen molar-refractivity contribution in [1.29, 1.82) is 0 Å². The normalized spacial score (nSPS) is 12.1. The zero-order valence-corrected chi connectivity index (χ0v) is 14.1. The van der Waals surface area contributed by atoms with Gasteiger partial charge in [-0.25, -0.2) is 0 Å². The lowest BCUT2D eigenvalue weighted by molar-refractivity contribution is -0.163. The topological polar surface area (TPSA) is 77.8 Å². The first-order chi connectivity index (χ1) is 10.5. The van der Waals surface area contributed by atoms with Crippen molar-refractivity contribution in [1.82, 2.24) is 0 Å². The smallest absolute Gasteiger partial charge is 0.303 e. The van der Waals surface area contributed by atoms with Crippen molar-refractivity contribution in [2.45, 2.75) is 96.2 Å². The summed E-state index contributed by atoms with van der Waals surface area (Å²) in [4.78, 5) is 10.3. The van der Waals surface area contributed by atoms with Crippen LogP contribution in [0.2, 0.25) is 0 Å². The van der Waals surface area contributed by atoms with Gasteiger partial charge >= 0.3 is 5.97 Å². The summed E-state index contributed by atoms with van der Waals surface area (Å²) in [7, 11) is 0. The van der Waals surface area contributed by atoms with E-state index in [9.17, 15) is 15.0 Å². The van der Waals surface area contributed by atoms with Crippen LogP contribution in [0.15, 0.2) is 12.2 Å². The van der Waals surface area contributed by atoms with Gasteiger partial charge in [-0.05, 0) is 19.3 Å². The highest BCUT2D eigenvalue weighted by molar-refractivity contribution is 5.66. The molecule has 0 radical (unpaired) electrons. The molecule has 0 heterocycles. The van der Waals surface area contributed by atoms with Crippen molar-refractivity contribution in [3.05, 3.63) is 12.2 Å². The monoisotopic (exact) mass is 314 g/mol. The van der Waals surface area contributed by atoms with Crippen LogP contribution < -0.4 is 0 Å². The van der Waals surface area contributed by atoms with Gasteiger partial charge in [0.25, 0.3) is 0 Å². The Morgan fingerprint density at radius 3 is 1.86 bits per heavy atom. The Morgan fingerprint density at radius 1 is 0.864 bits per heavy atom. The molecule has 0 rings (SSSR count). The van der Waals surface area contributed by atoms with Gasteiger partial charge in [0, 0.05) is 19.3 Å². The molecular weight excluding hydrogens is 280 g/mol. The second-order valence-corrected chi connectivity index (χ2v) is 6.14. The molecule has 22 heavy (non-hydrogen) atoms. The largest absolute Gasteiger partial charge is 0.481 e. The predicted octanol–water partition coefficient (Wildman–Crippen LogP) is 4.40. The number of aliphatic hydroxyl groups is 2. The molecule has 3 N–H and O–H groups in total. The zero-order valence-electron chi connectivity index (χ0n) is 14.1. The average Bonchev–Trinajstić information content (AvgIpc) is 2.44. The first kappa shape index (κ1) is 21.1. The van der Waals surface area contributed by atoms with Crippen LogP contribution >= 0.6 is 0 Å². The van der Waals surface area contributed by atoms with E-state index in [-0.39, 0.29) is 6.42 Å². The third-order valence-electron chi connectivity index (χ3n) is 3.81.